The second kappa shape index (κ2) is 7.72. The summed E-state index contributed by atoms with van der Waals surface area (Å²) in [5.41, 5.74) is 0. The average molecular weight is 285 g/mol. The van der Waals surface area contributed by atoms with E-state index in [-0.39, 0.29) is 18.0 Å². The van der Waals surface area contributed by atoms with Gasteiger partial charge < -0.3 is 20.6 Å². The van der Waals surface area contributed by atoms with Crippen molar-refractivity contribution in [1.29, 1.82) is 0 Å². The van der Waals surface area contributed by atoms with Gasteiger partial charge in [0.25, 0.3) is 0 Å². The molecule has 7 heteroatoms. The van der Waals surface area contributed by atoms with E-state index in [1.807, 2.05) is 6.92 Å². The molecule has 114 valence electrons. The second-order valence-corrected chi connectivity index (χ2v) is 5.11. The highest BCUT2D eigenvalue weighted by Crippen LogP contribution is 2.10. The van der Waals surface area contributed by atoms with Gasteiger partial charge in [0.2, 0.25) is 5.91 Å². The fraction of sp³-hybridized carbons (Fsp3) is 0.769. The number of hydrogen-bond donors (Lipinski definition) is 3. The molecule has 0 saturated carbocycles. The maximum Gasteiger partial charge on any atom is 0.326 e. The van der Waals surface area contributed by atoms with Crippen molar-refractivity contribution in [3.05, 3.63) is 0 Å². The molecular weight excluding hydrogens is 262 g/mol. The summed E-state index contributed by atoms with van der Waals surface area (Å²) in [6.07, 6.45) is 2.76. The van der Waals surface area contributed by atoms with Gasteiger partial charge in [-0.3, -0.25) is 4.79 Å². The Kier molecular flexibility index (Phi) is 6.27. The Morgan fingerprint density at radius 1 is 1.40 bits per heavy atom. The van der Waals surface area contributed by atoms with Gasteiger partial charge in [-0.1, -0.05) is 19.8 Å². The predicted molar refractivity (Wildman–Crippen MR) is 73.3 cm³/mol. The van der Waals surface area contributed by atoms with Gasteiger partial charge >= 0.3 is 12.0 Å². The maximum atomic E-state index is 12.0. The summed E-state index contributed by atoms with van der Waals surface area (Å²) in [5, 5.41) is 14.4. The predicted octanol–water partition coefficient (Wildman–Crippen LogP) is 0.550. The summed E-state index contributed by atoms with van der Waals surface area (Å²) >= 11 is 0. The number of hydrogen-bond acceptors (Lipinski definition) is 3. The number of unbranched alkanes of at least 4 members (excludes halogenated alkanes) is 1. The minimum absolute atomic E-state index is 0.0443. The summed E-state index contributed by atoms with van der Waals surface area (Å²) < 4.78 is 0. The molecule has 0 bridgehead atoms. The summed E-state index contributed by atoms with van der Waals surface area (Å²) in [6, 6.07) is -1.26. The molecule has 1 saturated heterocycles. The first-order chi connectivity index (χ1) is 9.43. The van der Waals surface area contributed by atoms with E-state index in [1.54, 1.807) is 4.90 Å². The third kappa shape index (κ3) is 5.07. The molecule has 3 N–H and O–H groups in total. The summed E-state index contributed by atoms with van der Waals surface area (Å²) in [4.78, 5) is 35.6. The lowest BCUT2D eigenvalue weighted by Gasteiger charge is -2.21. The van der Waals surface area contributed by atoms with Crippen LogP contribution in [-0.2, 0) is 9.59 Å². The number of urea groups is 1. The van der Waals surface area contributed by atoms with E-state index in [0.717, 1.165) is 12.8 Å². The Bertz CT molecular complexity index is 373. The highest BCUT2D eigenvalue weighted by Gasteiger charge is 2.29. The zero-order chi connectivity index (χ0) is 15.1. The molecule has 1 aliphatic rings. The fourth-order valence-electron chi connectivity index (χ4n) is 2.26. The SMILES string of the molecule is CCCCC(NC(=O)N1CCC(NC(C)=O)C1)C(=O)O. The van der Waals surface area contributed by atoms with Crippen LogP contribution in [0.3, 0.4) is 0 Å². The zero-order valence-corrected chi connectivity index (χ0v) is 12.0. The summed E-state index contributed by atoms with van der Waals surface area (Å²) in [6.45, 7) is 4.36. The van der Waals surface area contributed by atoms with Crippen molar-refractivity contribution in [3.63, 3.8) is 0 Å². The Morgan fingerprint density at radius 3 is 2.65 bits per heavy atom. The van der Waals surface area contributed by atoms with Crippen LogP contribution in [0.15, 0.2) is 0 Å². The van der Waals surface area contributed by atoms with Crippen molar-refractivity contribution >= 4 is 17.9 Å². The zero-order valence-electron chi connectivity index (χ0n) is 12.0. The lowest BCUT2D eigenvalue weighted by atomic mass is 10.1. The molecule has 2 unspecified atom stereocenters. The molecule has 0 aromatic heterocycles. The quantitative estimate of drug-likeness (QED) is 0.663. The number of amides is 3. The van der Waals surface area contributed by atoms with Crippen LogP contribution in [0.25, 0.3) is 0 Å². The van der Waals surface area contributed by atoms with E-state index in [0.29, 0.717) is 25.9 Å². The van der Waals surface area contributed by atoms with Crippen LogP contribution in [0, 0.1) is 0 Å². The summed E-state index contributed by atoms with van der Waals surface area (Å²) in [5.74, 6) is -1.13. The number of carboxylic acids is 1. The van der Waals surface area contributed by atoms with Crippen LogP contribution in [0.2, 0.25) is 0 Å². The molecule has 1 fully saturated rings. The van der Waals surface area contributed by atoms with E-state index >= 15 is 0 Å². The van der Waals surface area contributed by atoms with Gasteiger partial charge in [0.15, 0.2) is 0 Å². The first-order valence-corrected chi connectivity index (χ1v) is 6.99. The lowest BCUT2D eigenvalue weighted by Crippen LogP contribution is -2.48. The topological polar surface area (TPSA) is 98.7 Å². The van der Waals surface area contributed by atoms with E-state index in [2.05, 4.69) is 10.6 Å². The summed E-state index contributed by atoms with van der Waals surface area (Å²) in [7, 11) is 0. The smallest absolute Gasteiger partial charge is 0.326 e. The van der Waals surface area contributed by atoms with E-state index in [9.17, 15) is 14.4 Å². The molecular formula is C13H23N3O4. The van der Waals surface area contributed by atoms with Crippen LogP contribution in [0.5, 0.6) is 0 Å². The van der Waals surface area contributed by atoms with Gasteiger partial charge in [-0.25, -0.2) is 9.59 Å². The first kappa shape index (κ1) is 16.3. The van der Waals surface area contributed by atoms with E-state index < -0.39 is 12.0 Å². The molecule has 0 radical (unpaired) electrons. The van der Waals surface area contributed by atoms with Gasteiger partial charge in [-0.05, 0) is 12.8 Å². The van der Waals surface area contributed by atoms with Crippen molar-refractivity contribution in [2.45, 2.75) is 51.6 Å². The average Bonchev–Trinajstić information content (AvgIpc) is 2.81. The number of carboxylic acid groups (broad SMARTS) is 1. The first-order valence-electron chi connectivity index (χ1n) is 6.99. The highest BCUT2D eigenvalue weighted by molar-refractivity contribution is 5.82. The largest absolute Gasteiger partial charge is 0.480 e. The van der Waals surface area contributed by atoms with Gasteiger partial charge in [0.1, 0.15) is 6.04 Å². The third-order valence-corrected chi connectivity index (χ3v) is 3.33. The number of rotatable bonds is 6. The Hall–Kier alpha value is -1.79. The van der Waals surface area contributed by atoms with Crippen molar-refractivity contribution in [2.75, 3.05) is 13.1 Å². The lowest BCUT2D eigenvalue weighted by molar-refractivity contribution is -0.139. The number of nitrogens with one attached hydrogen (secondary N) is 2. The molecule has 0 aromatic rings. The molecule has 7 nitrogen and oxygen atoms in total. The van der Waals surface area contributed by atoms with E-state index in [1.165, 1.54) is 6.92 Å². The van der Waals surface area contributed by atoms with Gasteiger partial charge in [0.05, 0.1) is 0 Å². The van der Waals surface area contributed by atoms with Crippen LogP contribution in [-0.4, -0.2) is 53.1 Å². The molecule has 3 amide bonds. The molecule has 0 aliphatic carbocycles. The monoisotopic (exact) mass is 285 g/mol. The standard InChI is InChI=1S/C13H23N3O4/c1-3-4-5-11(12(18)19)15-13(20)16-7-6-10(8-16)14-9(2)17/h10-11H,3-8H2,1-2H3,(H,14,17)(H,15,20)(H,18,19). The molecule has 1 heterocycles. The highest BCUT2D eigenvalue weighted by atomic mass is 16.4. The molecule has 2 atom stereocenters. The Morgan fingerprint density at radius 2 is 2.10 bits per heavy atom. The number of carbonyl (C=O) groups excluding carboxylic acids is 2. The van der Waals surface area contributed by atoms with Gasteiger partial charge in [-0.2, -0.15) is 0 Å². The van der Waals surface area contributed by atoms with Crippen LogP contribution in [0.1, 0.15) is 39.5 Å². The van der Waals surface area contributed by atoms with Crippen LogP contribution < -0.4 is 10.6 Å². The Balaban J connectivity index is 2.45. The van der Waals surface area contributed by atoms with Gasteiger partial charge in [0, 0.05) is 26.1 Å². The molecule has 0 aromatic carbocycles. The fourth-order valence-corrected chi connectivity index (χ4v) is 2.26. The van der Waals surface area contributed by atoms with Crippen LogP contribution >= 0.6 is 0 Å². The molecule has 1 aliphatic heterocycles. The number of carbonyl (C=O) groups is 3. The van der Waals surface area contributed by atoms with Crippen molar-refractivity contribution in [2.24, 2.45) is 0 Å². The third-order valence-electron chi connectivity index (χ3n) is 3.33. The van der Waals surface area contributed by atoms with E-state index in [4.69, 9.17) is 5.11 Å². The van der Waals surface area contributed by atoms with Gasteiger partial charge in [-0.15, -0.1) is 0 Å². The normalized spacial score (nSPS) is 19.5. The maximum absolute atomic E-state index is 12.0. The minimum Gasteiger partial charge on any atom is -0.480 e. The van der Waals surface area contributed by atoms with Crippen molar-refractivity contribution < 1.29 is 19.5 Å². The number of likely N-dealkylation sites (tertiary alicyclic amines) is 1. The minimum atomic E-state index is -1.01. The number of nitrogens with zero attached hydrogens (tertiary/aromatic N) is 1. The second-order valence-electron chi connectivity index (χ2n) is 5.11. The van der Waals surface area contributed by atoms with Crippen LogP contribution in [0.4, 0.5) is 4.79 Å². The molecule has 1 rings (SSSR count). The molecule has 20 heavy (non-hydrogen) atoms. The van der Waals surface area contributed by atoms with Crippen molar-refractivity contribution in [3.8, 4) is 0 Å². The molecule has 0 spiro atoms. The number of aliphatic carboxylic acids is 1. The Labute approximate surface area is 118 Å². The van der Waals surface area contributed by atoms with Crippen molar-refractivity contribution in [1.82, 2.24) is 15.5 Å².